The lowest BCUT2D eigenvalue weighted by Crippen LogP contribution is -2.39. The van der Waals surface area contributed by atoms with Crippen molar-refractivity contribution in [2.24, 2.45) is 0 Å². The quantitative estimate of drug-likeness (QED) is 0.537. The lowest BCUT2D eigenvalue weighted by Gasteiger charge is -2.41. The van der Waals surface area contributed by atoms with E-state index in [1.165, 1.54) is 24.3 Å². The van der Waals surface area contributed by atoms with E-state index < -0.39 is 11.8 Å². The Labute approximate surface area is 174 Å². The van der Waals surface area contributed by atoms with E-state index >= 15 is 0 Å². The minimum Gasteiger partial charge on any atom is -0.385 e. The van der Waals surface area contributed by atoms with Crippen molar-refractivity contribution in [3.63, 3.8) is 0 Å². The summed E-state index contributed by atoms with van der Waals surface area (Å²) in [6, 6.07) is 13.1. The van der Waals surface area contributed by atoms with E-state index in [9.17, 15) is 19.9 Å². The number of aliphatic hydroxyl groups is 2. The molecule has 0 saturated heterocycles. The molecular formula is C23H25FN4O2. The number of rotatable bonds is 6. The van der Waals surface area contributed by atoms with Crippen LogP contribution in [0.25, 0.3) is 11.0 Å². The fourth-order valence-electron chi connectivity index (χ4n) is 4.20. The molecule has 2 atom stereocenters. The van der Waals surface area contributed by atoms with Crippen molar-refractivity contribution in [1.29, 1.82) is 5.26 Å². The summed E-state index contributed by atoms with van der Waals surface area (Å²) >= 11 is 0. The second-order valence-electron chi connectivity index (χ2n) is 8.58. The Morgan fingerprint density at radius 1 is 1.30 bits per heavy atom. The van der Waals surface area contributed by atoms with Gasteiger partial charge >= 0.3 is 0 Å². The van der Waals surface area contributed by atoms with Crippen LogP contribution in [0.15, 0.2) is 42.5 Å². The van der Waals surface area contributed by atoms with Crippen LogP contribution in [-0.2, 0) is 11.1 Å². The molecule has 0 amide bonds. The Balaban J connectivity index is 1.64. The van der Waals surface area contributed by atoms with Gasteiger partial charge in [0.1, 0.15) is 12.0 Å². The Hall–Kier alpha value is -2.95. The van der Waals surface area contributed by atoms with Crippen LogP contribution in [0.5, 0.6) is 0 Å². The van der Waals surface area contributed by atoms with E-state index in [1.807, 2.05) is 6.07 Å². The molecule has 3 aromatic rings. The molecule has 6 nitrogen and oxygen atoms in total. The number of halogens is 1. The highest BCUT2D eigenvalue weighted by atomic mass is 19.1. The summed E-state index contributed by atoms with van der Waals surface area (Å²) < 4.78 is 15.3. The minimum atomic E-state index is -1.36. The van der Waals surface area contributed by atoms with Crippen LogP contribution in [0.1, 0.15) is 50.7 Å². The molecule has 0 spiro atoms. The van der Waals surface area contributed by atoms with Crippen molar-refractivity contribution in [1.82, 2.24) is 9.55 Å². The molecule has 0 radical (unpaired) electrons. The topological polar surface area (TPSA) is 94.1 Å². The fraction of sp³-hybridized carbons (Fsp3) is 0.391. The van der Waals surface area contributed by atoms with Crippen LogP contribution in [0, 0.1) is 17.1 Å². The summed E-state index contributed by atoms with van der Waals surface area (Å²) in [6.45, 7) is 3.73. The monoisotopic (exact) mass is 408 g/mol. The van der Waals surface area contributed by atoms with E-state index in [2.05, 4.69) is 27.9 Å². The Morgan fingerprint density at radius 3 is 2.60 bits per heavy atom. The normalized spacial score (nSPS) is 18.3. The molecule has 1 saturated carbocycles. The Morgan fingerprint density at radius 2 is 2.00 bits per heavy atom. The first kappa shape index (κ1) is 20.3. The molecule has 1 aromatic heterocycles. The van der Waals surface area contributed by atoms with Crippen molar-refractivity contribution in [2.75, 3.05) is 5.32 Å². The summed E-state index contributed by atoms with van der Waals surface area (Å²) in [7, 11) is 0. The van der Waals surface area contributed by atoms with Gasteiger partial charge in [-0.1, -0.05) is 12.1 Å². The highest BCUT2D eigenvalue weighted by Gasteiger charge is 2.37. The predicted octanol–water partition coefficient (Wildman–Crippen LogP) is 3.97. The number of nitriles is 1. The molecule has 1 fully saturated rings. The average Bonchev–Trinajstić information content (AvgIpc) is 3.02. The molecule has 1 aliphatic rings. The van der Waals surface area contributed by atoms with Crippen LogP contribution in [0.4, 0.5) is 10.3 Å². The number of aromatic nitrogens is 2. The number of aliphatic hydroxyl groups excluding tert-OH is 1. The largest absolute Gasteiger partial charge is 0.385 e. The molecule has 2 aromatic carbocycles. The number of anilines is 1. The lowest BCUT2D eigenvalue weighted by molar-refractivity contribution is 0.00764. The summed E-state index contributed by atoms with van der Waals surface area (Å²) in [4.78, 5) is 4.64. The maximum atomic E-state index is 13.2. The molecule has 156 valence electrons. The molecule has 1 aliphatic carbocycles. The van der Waals surface area contributed by atoms with Gasteiger partial charge in [-0.2, -0.15) is 5.26 Å². The fourth-order valence-corrected chi connectivity index (χ4v) is 4.20. The smallest absolute Gasteiger partial charge is 0.206 e. The first-order valence-electron chi connectivity index (χ1n) is 10.1. The van der Waals surface area contributed by atoms with Gasteiger partial charge in [0.25, 0.3) is 0 Å². The van der Waals surface area contributed by atoms with E-state index in [0.717, 1.165) is 30.3 Å². The number of benzene rings is 2. The van der Waals surface area contributed by atoms with Crippen molar-refractivity contribution in [2.45, 2.75) is 56.9 Å². The maximum absolute atomic E-state index is 13.2. The van der Waals surface area contributed by atoms with Gasteiger partial charge in [-0.3, -0.25) is 0 Å². The number of hydrogen-bond donors (Lipinski definition) is 3. The maximum Gasteiger partial charge on any atom is 0.206 e. The molecule has 3 N–H and O–H groups in total. The third-order valence-electron chi connectivity index (χ3n) is 6.11. The molecule has 30 heavy (non-hydrogen) atoms. The molecular weight excluding hydrogens is 383 g/mol. The number of imidazole rings is 1. The highest BCUT2D eigenvalue weighted by Crippen LogP contribution is 2.43. The SMILES string of the molecule is CC1(n2c(NC(O)C[C@](C)(O)c3ccc(F)cc3)nc3ccc(C#N)cc32)CCC1. The van der Waals surface area contributed by atoms with Gasteiger partial charge in [-0.05, 0) is 69.0 Å². The van der Waals surface area contributed by atoms with Crippen LogP contribution in [-0.4, -0.2) is 26.0 Å². The van der Waals surface area contributed by atoms with Crippen molar-refractivity contribution in [3.05, 3.63) is 59.4 Å². The van der Waals surface area contributed by atoms with Crippen LogP contribution < -0.4 is 5.32 Å². The van der Waals surface area contributed by atoms with Crippen molar-refractivity contribution >= 4 is 17.0 Å². The van der Waals surface area contributed by atoms with Gasteiger partial charge < -0.3 is 20.1 Å². The van der Waals surface area contributed by atoms with Gasteiger partial charge in [-0.25, -0.2) is 9.37 Å². The first-order chi connectivity index (χ1) is 14.2. The number of hydrogen-bond acceptors (Lipinski definition) is 5. The predicted molar refractivity (Wildman–Crippen MR) is 112 cm³/mol. The van der Waals surface area contributed by atoms with Gasteiger partial charge in [0.15, 0.2) is 0 Å². The van der Waals surface area contributed by atoms with Crippen molar-refractivity contribution < 1.29 is 14.6 Å². The van der Waals surface area contributed by atoms with Gasteiger partial charge in [0.2, 0.25) is 5.95 Å². The number of nitrogens with one attached hydrogen (secondary N) is 1. The second kappa shape index (κ2) is 7.38. The molecule has 0 aliphatic heterocycles. The zero-order valence-electron chi connectivity index (χ0n) is 17.1. The van der Waals surface area contributed by atoms with E-state index in [1.54, 1.807) is 19.1 Å². The average molecular weight is 408 g/mol. The Kier molecular flexibility index (Phi) is 5.00. The summed E-state index contributed by atoms with van der Waals surface area (Å²) in [5.74, 6) is 0.122. The van der Waals surface area contributed by atoms with E-state index in [4.69, 9.17) is 0 Å². The summed E-state index contributed by atoms with van der Waals surface area (Å²) in [6.07, 6.45) is 1.97. The van der Waals surface area contributed by atoms with Crippen LogP contribution >= 0.6 is 0 Å². The number of nitrogens with zero attached hydrogens (tertiary/aromatic N) is 3. The first-order valence-corrected chi connectivity index (χ1v) is 10.1. The molecule has 1 unspecified atom stereocenters. The van der Waals surface area contributed by atoms with E-state index in [0.29, 0.717) is 17.1 Å². The highest BCUT2D eigenvalue weighted by molar-refractivity contribution is 5.80. The molecule has 1 heterocycles. The third-order valence-corrected chi connectivity index (χ3v) is 6.11. The summed E-state index contributed by atoms with van der Waals surface area (Å²) in [5.41, 5.74) is 1.15. The van der Waals surface area contributed by atoms with Crippen LogP contribution in [0.3, 0.4) is 0 Å². The minimum absolute atomic E-state index is 0.0119. The van der Waals surface area contributed by atoms with E-state index in [-0.39, 0.29) is 17.8 Å². The lowest BCUT2D eigenvalue weighted by atomic mass is 9.78. The van der Waals surface area contributed by atoms with Gasteiger partial charge in [-0.15, -0.1) is 0 Å². The van der Waals surface area contributed by atoms with Crippen molar-refractivity contribution in [3.8, 4) is 6.07 Å². The molecule has 7 heteroatoms. The van der Waals surface area contributed by atoms with Crippen LogP contribution in [0.2, 0.25) is 0 Å². The Bertz CT molecular complexity index is 1110. The molecule has 0 bridgehead atoms. The second-order valence-corrected chi connectivity index (χ2v) is 8.58. The van der Waals surface area contributed by atoms with Gasteiger partial charge in [0.05, 0.1) is 28.3 Å². The summed E-state index contributed by atoms with van der Waals surface area (Å²) in [5, 5.41) is 33.9. The third kappa shape index (κ3) is 3.64. The zero-order chi connectivity index (χ0) is 21.5. The number of fused-ring (bicyclic) bond motifs is 1. The standard InChI is InChI=1S/C23H25FN4O2/c1-22(10-3-11-22)28-19-12-15(14-25)4-9-18(19)26-21(28)27-20(29)13-23(2,30)16-5-7-17(24)8-6-16/h4-9,12,20,29-30H,3,10-11,13H2,1-2H3,(H,26,27)/t20?,23-/m0/s1. The molecule has 4 rings (SSSR count). The van der Waals surface area contributed by atoms with Gasteiger partial charge in [0, 0.05) is 12.0 Å². The zero-order valence-corrected chi connectivity index (χ0v) is 17.1.